The maximum absolute atomic E-state index is 9.59. The van der Waals surface area contributed by atoms with Gasteiger partial charge in [-0.2, -0.15) is 4.98 Å². The molecule has 0 aliphatic heterocycles. The van der Waals surface area contributed by atoms with E-state index in [0.29, 0.717) is 11.5 Å². The second kappa shape index (κ2) is 3.73. The van der Waals surface area contributed by atoms with Gasteiger partial charge in [-0.25, -0.2) is 0 Å². The number of nitrogens with zero attached hydrogens (tertiary/aromatic N) is 3. The summed E-state index contributed by atoms with van der Waals surface area (Å²) >= 11 is 0. The van der Waals surface area contributed by atoms with Gasteiger partial charge in [-0.1, -0.05) is 0 Å². The molecule has 2 N–H and O–H groups in total. The van der Waals surface area contributed by atoms with E-state index in [2.05, 4.69) is 10.1 Å². The fourth-order valence-corrected chi connectivity index (χ4v) is 1.21. The van der Waals surface area contributed by atoms with E-state index in [0.717, 1.165) is 0 Å². The number of aromatic hydroxyl groups is 2. The zero-order valence-electron chi connectivity index (χ0n) is 8.88. The standard InChI is InChI=1S/C10H11N3O3/c1-13(2)10-11-9(16-12-10)7-4-3-6(14)5-8(7)15/h3-5,14-15H,1-2H3. The summed E-state index contributed by atoms with van der Waals surface area (Å²) in [6.45, 7) is 0. The van der Waals surface area contributed by atoms with Gasteiger partial charge in [-0.05, 0) is 17.3 Å². The lowest BCUT2D eigenvalue weighted by Crippen LogP contribution is -2.09. The minimum atomic E-state index is -0.103. The van der Waals surface area contributed by atoms with E-state index in [1.165, 1.54) is 18.2 Å². The van der Waals surface area contributed by atoms with E-state index >= 15 is 0 Å². The Balaban J connectivity index is 2.42. The van der Waals surface area contributed by atoms with Gasteiger partial charge in [0, 0.05) is 20.2 Å². The third-order valence-corrected chi connectivity index (χ3v) is 2.03. The molecule has 6 heteroatoms. The molecule has 2 rings (SSSR count). The van der Waals surface area contributed by atoms with E-state index < -0.39 is 0 Å². The van der Waals surface area contributed by atoms with Crippen molar-refractivity contribution in [3.63, 3.8) is 0 Å². The second-order valence-electron chi connectivity index (χ2n) is 3.50. The molecule has 6 nitrogen and oxygen atoms in total. The van der Waals surface area contributed by atoms with E-state index in [4.69, 9.17) is 9.63 Å². The molecule has 0 atom stereocenters. The van der Waals surface area contributed by atoms with Crippen molar-refractivity contribution >= 4 is 5.95 Å². The van der Waals surface area contributed by atoms with Crippen LogP contribution in [0.4, 0.5) is 5.95 Å². The largest absolute Gasteiger partial charge is 0.508 e. The number of aromatic nitrogens is 2. The molecule has 0 amide bonds. The predicted octanol–water partition coefficient (Wildman–Crippen LogP) is 1.21. The molecular weight excluding hydrogens is 210 g/mol. The normalized spacial score (nSPS) is 10.4. The van der Waals surface area contributed by atoms with E-state index in [1.54, 1.807) is 19.0 Å². The van der Waals surface area contributed by atoms with Gasteiger partial charge in [0.15, 0.2) is 0 Å². The minimum absolute atomic E-state index is 0.0198. The fourth-order valence-electron chi connectivity index (χ4n) is 1.21. The maximum atomic E-state index is 9.59. The molecule has 0 radical (unpaired) electrons. The smallest absolute Gasteiger partial charge is 0.265 e. The Hall–Kier alpha value is -2.24. The second-order valence-corrected chi connectivity index (χ2v) is 3.50. The number of hydrogen-bond donors (Lipinski definition) is 2. The molecule has 1 aromatic heterocycles. The summed E-state index contributed by atoms with van der Waals surface area (Å²) in [6, 6.07) is 4.17. The van der Waals surface area contributed by atoms with Gasteiger partial charge in [0.25, 0.3) is 11.8 Å². The molecule has 2 aromatic rings. The first-order valence-corrected chi connectivity index (χ1v) is 4.61. The third-order valence-electron chi connectivity index (χ3n) is 2.03. The van der Waals surface area contributed by atoms with Crippen molar-refractivity contribution in [2.24, 2.45) is 0 Å². The van der Waals surface area contributed by atoms with E-state index in [1.807, 2.05) is 0 Å². The van der Waals surface area contributed by atoms with Gasteiger partial charge in [0.1, 0.15) is 11.5 Å². The van der Waals surface area contributed by atoms with Crippen LogP contribution in [0.5, 0.6) is 11.5 Å². The van der Waals surface area contributed by atoms with Gasteiger partial charge in [-0.15, -0.1) is 0 Å². The van der Waals surface area contributed by atoms with Gasteiger partial charge < -0.3 is 19.6 Å². The first-order valence-electron chi connectivity index (χ1n) is 4.61. The van der Waals surface area contributed by atoms with Gasteiger partial charge >= 0.3 is 0 Å². The van der Waals surface area contributed by atoms with Crippen molar-refractivity contribution in [3.8, 4) is 23.0 Å². The quantitative estimate of drug-likeness (QED) is 0.793. The van der Waals surface area contributed by atoms with Gasteiger partial charge in [0.2, 0.25) is 0 Å². The maximum Gasteiger partial charge on any atom is 0.265 e. The van der Waals surface area contributed by atoms with Crippen LogP contribution in [0.2, 0.25) is 0 Å². The molecule has 0 fully saturated rings. The summed E-state index contributed by atoms with van der Waals surface area (Å²) in [6.07, 6.45) is 0. The number of phenols is 2. The van der Waals surface area contributed by atoms with Crippen molar-refractivity contribution in [2.75, 3.05) is 19.0 Å². The molecule has 0 saturated heterocycles. The molecule has 84 valence electrons. The van der Waals surface area contributed by atoms with Crippen LogP contribution in [-0.4, -0.2) is 34.4 Å². The van der Waals surface area contributed by atoms with Gasteiger partial charge in [0.05, 0.1) is 5.56 Å². The lowest BCUT2D eigenvalue weighted by Gasteiger charge is -2.02. The molecule has 16 heavy (non-hydrogen) atoms. The minimum Gasteiger partial charge on any atom is -0.508 e. The predicted molar refractivity (Wildman–Crippen MR) is 57.4 cm³/mol. The highest BCUT2D eigenvalue weighted by molar-refractivity contribution is 5.64. The van der Waals surface area contributed by atoms with E-state index in [9.17, 15) is 5.11 Å². The Morgan fingerprint density at radius 3 is 2.56 bits per heavy atom. The van der Waals surface area contributed by atoms with Crippen LogP contribution in [0.15, 0.2) is 22.7 Å². The third kappa shape index (κ3) is 1.77. The number of phenolic OH excluding ortho intramolecular Hbond substituents is 2. The molecule has 0 saturated carbocycles. The lowest BCUT2D eigenvalue weighted by atomic mass is 10.2. The van der Waals surface area contributed by atoms with Crippen molar-refractivity contribution < 1.29 is 14.7 Å². The highest BCUT2D eigenvalue weighted by atomic mass is 16.5. The highest BCUT2D eigenvalue weighted by Gasteiger charge is 2.13. The number of rotatable bonds is 2. The number of hydrogen-bond acceptors (Lipinski definition) is 6. The Kier molecular flexibility index (Phi) is 2.40. The Bertz CT molecular complexity index is 508. The van der Waals surface area contributed by atoms with E-state index in [-0.39, 0.29) is 17.4 Å². The average molecular weight is 221 g/mol. The van der Waals surface area contributed by atoms with Gasteiger partial charge in [-0.3, -0.25) is 0 Å². The molecule has 1 heterocycles. The summed E-state index contributed by atoms with van der Waals surface area (Å²) in [5.74, 6) is 0.506. The number of anilines is 1. The Morgan fingerprint density at radius 2 is 2.00 bits per heavy atom. The van der Waals surface area contributed by atoms with Crippen molar-refractivity contribution in [1.82, 2.24) is 10.1 Å². The van der Waals surface area contributed by atoms with Crippen molar-refractivity contribution in [3.05, 3.63) is 18.2 Å². The topological polar surface area (TPSA) is 82.6 Å². The molecule has 0 unspecified atom stereocenters. The first-order chi connectivity index (χ1) is 7.58. The molecule has 0 bridgehead atoms. The molecular formula is C10H11N3O3. The van der Waals surface area contributed by atoms with Crippen molar-refractivity contribution in [1.29, 1.82) is 0 Å². The summed E-state index contributed by atoms with van der Waals surface area (Å²) in [5, 5.41) is 22.5. The zero-order valence-corrected chi connectivity index (χ0v) is 8.88. The van der Waals surface area contributed by atoms with Crippen LogP contribution in [0.1, 0.15) is 0 Å². The van der Waals surface area contributed by atoms with Crippen LogP contribution in [0, 0.1) is 0 Å². The zero-order chi connectivity index (χ0) is 11.7. The van der Waals surface area contributed by atoms with Crippen LogP contribution in [0.3, 0.4) is 0 Å². The molecule has 1 aromatic carbocycles. The lowest BCUT2D eigenvalue weighted by molar-refractivity contribution is 0.422. The first kappa shape index (κ1) is 10.3. The highest BCUT2D eigenvalue weighted by Crippen LogP contribution is 2.31. The average Bonchev–Trinajstić information content (AvgIpc) is 2.66. The molecule has 0 spiro atoms. The van der Waals surface area contributed by atoms with Crippen LogP contribution in [-0.2, 0) is 0 Å². The summed E-state index contributed by atoms with van der Waals surface area (Å²) < 4.78 is 4.99. The summed E-state index contributed by atoms with van der Waals surface area (Å²) in [4.78, 5) is 5.76. The molecule has 0 aliphatic rings. The Morgan fingerprint density at radius 1 is 1.25 bits per heavy atom. The van der Waals surface area contributed by atoms with Crippen molar-refractivity contribution in [2.45, 2.75) is 0 Å². The summed E-state index contributed by atoms with van der Waals surface area (Å²) in [7, 11) is 3.57. The Labute approximate surface area is 91.8 Å². The van der Waals surface area contributed by atoms with Crippen LogP contribution in [0.25, 0.3) is 11.5 Å². The fraction of sp³-hybridized carbons (Fsp3) is 0.200. The van der Waals surface area contributed by atoms with Crippen LogP contribution < -0.4 is 4.90 Å². The summed E-state index contributed by atoms with van der Waals surface area (Å²) in [5.41, 5.74) is 0.387. The number of benzene rings is 1. The SMILES string of the molecule is CN(C)c1noc(-c2ccc(O)cc2O)n1. The molecule has 0 aliphatic carbocycles. The van der Waals surface area contributed by atoms with Crippen LogP contribution >= 0.6 is 0 Å². The monoisotopic (exact) mass is 221 g/mol.